The summed E-state index contributed by atoms with van der Waals surface area (Å²) in [6, 6.07) is 8.60. The number of nitrogens with one attached hydrogen (secondary N) is 1. The standard InChI is InChI=1S/C20H17F2N5O3S/c1-12-10-24-18-4-2-14(8-19(18)25-12)30-20-15(9-23)17(5-3-16(20)22)26-31(28,29)27-7-6-13(21)11-27/h2-5,8,10,13,26H,6-7,11H2,1H3/t13-/m1/s1. The smallest absolute Gasteiger partial charge is 0.301 e. The molecule has 1 aliphatic heterocycles. The van der Waals surface area contributed by atoms with Crippen molar-refractivity contribution in [3.05, 3.63) is 53.6 Å². The molecule has 1 atom stereocenters. The van der Waals surface area contributed by atoms with Gasteiger partial charge in [-0.15, -0.1) is 0 Å². The average Bonchev–Trinajstić information content (AvgIpc) is 3.17. The molecule has 0 amide bonds. The minimum Gasteiger partial charge on any atom is -0.453 e. The molecular formula is C20H17F2N5O3S. The van der Waals surface area contributed by atoms with Crippen molar-refractivity contribution in [3.63, 3.8) is 0 Å². The van der Waals surface area contributed by atoms with Crippen LogP contribution < -0.4 is 9.46 Å². The van der Waals surface area contributed by atoms with E-state index in [4.69, 9.17) is 4.74 Å². The number of anilines is 1. The number of nitriles is 1. The Bertz CT molecular complexity index is 1310. The predicted molar refractivity (Wildman–Crippen MR) is 109 cm³/mol. The van der Waals surface area contributed by atoms with Crippen LogP contribution in [0.1, 0.15) is 17.7 Å². The van der Waals surface area contributed by atoms with E-state index in [2.05, 4.69) is 14.7 Å². The van der Waals surface area contributed by atoms with Gasteiger partial charge in [-0.2, -0.15) is 18.0 Å². The number of halogens is 2. The lowest BCUT2D eigenvalue weighted by atomic mass is 10.1. The second kappa shape index (κ2) is 8.05. The predicted octanol–water partition coefficient (Wildman–Crippen LogP) is 3.44. The molecule has 0 unspecified atom stereocenters. The van der Waals surface area contributed by atoms with Gasteiger partial charge in [0, 0.05) is 25.4 Å². The van der Waals surface area contributed by atoms with Gasteiger partial charge in [-0.05, 0) is 37.6 Å². The molecule has 8 nitrogen and oxygen atoms in total. The number of rotatable bonds is 5. The Morgan fingerprint density at radius 2 is 2.10 bits per heavy atom. The van der Waals surface area contributed by atoms with Crippen LogP contribution in [0.3, 0.4) is 0 Å². The van der Waals surface area contributed by atoms with Gasteiger partial charge in [-0.1, -0.05) is 0 Å². The lowest BCUT2D eigenvalue weighted by Crippen LogP contribution is -2.34. The first kappa shape index (κ1) is 20.9. The average molecular weight is 445 g/mol. The largest absolute Gasteiger partial charge is 0.453 e. The van der Waals surface area contributed by atoms with Crippen molar-refractivity contribution >= 4 is 26.9 Å². The molecule has 3 aromatic rings. The zero-order valence-electron chi connectivity index (χ0n) is 16.3. The number of benzene rings is 2. The van der Waals surface area contributed by atoms with Crippen molar-refractivity contribution in [2.45, 2.75) is 19.5 Å². The second-order valence-electron chi connectivity index (χ2n) is 7.03. The van der Waals surface area contributed by atoms with E-state index in [9.17, 15) is 22.5 Å². The number of hydrogen-bond donors (Lipinski definition) is 1. The van der Waals surface area contributed by atoms with Gasteiger partial charge < -0.3 is 4.74 Å². The van der Waals surface area contributed by atoms with Gasteiger partial charge in [-0.25, -0.2) is 13.8 Å². The molecule has 1 aliphatic rings. The molecule has 4 rings (SSSR count). The van der Waals surface area contributed by atoms with Crippen molar-refractivity contribution in [1.29, 1.82) is 5.26 Å². The van der Waals surface area contributed by atoms with Crippen LogP contribution in [0.25, 0.3) is 11.0 Å². The highest BCUT2D eigenvalue weighted by Crippen LogP contribution is 2.34. The molecule has 2 aromatic carbocycles. The molecule has 11 heteroatoms. The van der Waals surface area contributed by atoms with Gasteiger partial charge in [-0.3, -0.25) is 9.71 Å². The second-order valence-corrected chi connectivity index (χ2v) is 8.70. The fourth-order valence-corrected chi connectivity index (χ4v) is 4.51. The number of fused-ring (bicyclic) bond motifs is 1. The maximum atomic E-state index is 14.5. The van der Waals surface area contributed by atoms with Gasteiger partial charge in [0.1, 0.15) is 23.6 Å². The van der Waals surface area contributed by atoms with Gasteiger partial charge in [0.15, 0.2) is 11.6 Å². The first-order valence-corrected chi connectivity index (χ1v) is 10.8. The van der Waals surface area contributed by atoms with Crippen LogP contribution in [-0.2, 0) is 10.2 Å². The van der Waals surface area contributed by atoms with Crippen molar-refractivity contribution in [1.82, 2.24) is 14.3 Å². The third kappa shape index (κ3) is 4.26. The Hall–Kier alpha value is -3.36. The highest BCUT2D eigenvalue weighted by molar-refractivity contribution is 7.90. The molecule has 0 aliphatic carbocycles. The molecule has 0 radical (unpaired) electrons. The summed E-state index contributed by atoms with van der Waals surface area (Å²) in [6.45, 7) is 1.51. The van der Waals surface area contributed by atoms with E-state index in [1.807, 2.05) is 0 Å². The number of aromatic nitrogens is 2. The van der Waals surface area contributed by atoms with Crippen molar-refractivity contribution in [2.75, 3.05) is 17.8 Å². The summed E-state index contributed by atoms with van der Waals surface area (Å²) in [5, 5.41) is 9.59. The monoisotopic (exact) mass is 445 g/mol. The minimum absolute atomic E-state index is 0.0144. The third-order valence-electron chi connectivity index (χ3n) is 4.75. The number of hydrogen-bond acceptors (Lipinski definition) is 6. The molecule has 2 heterocycles. The van der Waals surface area contributed by atoms with Gasteiger partial charge in [0.25, 0.3) is 0 Å². The number of ether oxygens (including phenoxy) is 1. The zero-order valence-corrected chi connectivity index (χ0v) is 17.2. The Labute approximate surface area is 177 Å². The summed E-state index contributed by atoms with van der Waals surface area (Å²) in [5.41, 5.74) is 1.30. The Balaban J connectivity index is 1.68. The van der Waals surface area contributed by atoms with Gasteiger partial charge in [0.05, 0.1) is 22.4 Å². The highest BCUT2D eigenvalue weighted by Gasteiger charge is 2.32. The first-order chi connectivity index (χ1) is 14.8. The highest BCUT2D eigenvalue weighted by atomic mass is 32.2. The van der Waals surface area contributed by atoms with Gasteiger partial charge >= 0.3 is 10.2 Å². The van der Waals surface area contributed by atoms with E-state index in [1.54, 1.807) is 31.3 Å². The number of nitrogens with zero attached hydrogens (tertiary/aromatic N) is 4. The van der Waals surface area contributed by atoms with E-state index < -0.39 is 27.9 Å². The first-order valence-electron chi connectivity index (χ1n) is 9.32. The van der Waals surface area contributed by atoms with Crippen LogP contribution in [0.4, 0.5) is 14.5 Å². The van der Waals surface area contributed by atoms with E-state index in [1.165, 1.54) is 6.07 Å². The van der Waals surface area contributed by atoms with Crippen LogP contribution in [0, 0.1) is 24.1 Å². The molecule has 1 aromatic heterocycles. The quantitative estimate of drug-likeness (QED) is 0.645. The molecule has 1 fully saturated rings. The van der Waals surface area contributed by atoms with Crippen molar-refractivity contribution in [3.8, 4) is 17.6 Å². The fourth-order valence-electron chi connectivity index (χ4n) is 3.23. The lowest BCUT2D eigenvalue weighted by Gasteiger charge is -2.18. The Morgan fingerprint density at radius 3 is 2.81 bits per heavy atom. The van der Waals surface area contributed by atoms with Crippen LogP contribution in [0.15, 0.2) is 36.5 Å². The summed E-state index contributed by atoms with van der Waals surface area (Å²) >= 11 is 0. The molecule has 31 heavy (non-hydrogen) atoms. The Morgan fingerprint density at radius 1 is 1.29 bits per heavy atom. The van der Waals surface area contributed by atoms with Crippen LogP contribution >= 0.6 is 0 Å². The zero-order chi connectivity index (χ0) is 22.2. The van der Waals surface area contributed by atoms with Gasteiger partial charge in [0.2, 0.25) is 0 Å². The fraction of sp³-hybridized carbons (Fsp3) is 0.250. The van der Waals surface area contributed by atoms with Crippen LogP contribution in [0.5, 0.6) is 11.5 Å². The van der Waals surface area contributed by atoms with E-state index in [0.29, 0.717) is 16.7 Å². The molecule has 0 saturated carbocycles. The molecule has 0 bridgehead atoms. The molecule has 1 saturated heterocycles. The summed E-state index contributed by atoms with van der Waals surface area (Å²) in [7, 11) is -4.12. The number of alkyl halides is 1. The van der Waals surface area contributed by atoms with E-state index in [-0.39, 0.29) is 36.5 Å². The molecule has 1 N–H and O–H groups in total. The van der Waals surface area contributed by atoms with Crippen molar-refractivity contribution in [2.24, 2.45) is 0 Å². The molecule has 0 spiro atoms. The number of aryl methyl sites for hydroxylation is 1. The lowest BCUT2D eigenvalue weighted by molar-refractivity contribution is 0.343. The van der Waals surface area contributed by atoms with Crippen LogP contribution in [-0.4, -0.2) is 42.0 Å². The maximum Gasteiger partial charge on any atom is 0.301 e. The summed E-state index contributed by atoms with van der Waals surface area (Å²) < 4.78 is 61.8. The van der Waals surface area contributed by atoms with Crippen molar-refractivity contribution < 1.29 is 21.9 Å². The van der Waals surface area contributed by atoms with E-state index in [0.717, 1.165) is 16.4 Å². The molecular weight excluding hydrogens is 428 g/mol. The van der Waals surface area contributed by atoms with E-state index >= 15 is 0 Å². The minimum atomic E-state index is -4.12. The third-order valence-corrected chi connectivity index (χ3v) is 6.24. The maximum absolute atomic E-state index is 14.5. The summed E-state index contributed by atoms with van der Waals surface area (Å²) in [4.78, 5) is 8.56. The SMILES string of the molecule is Cc1cnc2ccc(Oc3c(F)ccc(NS(=O)(=O)N4CC[C@@H](F)C4)c3C#N)cc2n1. The molecule has 160 valence electrons. The topological polar surface area (TPSA) is 108 Å². The van der Waals surface area contributed by atoms with Crippen LogP contribution in [0.2, 0.25) is 0 Å². The normalized spacial score (nSPS) is 16.9. The summed E-state index contributed by atoms with van der Waals surface area (Å²) in [6.07, 6.45) is 0.449. The summed E-state index contributed by atoms with van der Waals surface area (Å²) in [5.74, 6) is -1.09. The Kier molecular flexibility index (Phi) is 5.43.